The number of carboxylic acids is 3. The van der Waals surface area contributed by atoms with Gasteiger partial charge < -0.3 is 24.6 Å². The maximum atomic E-state index is 11.2. The Balaban J connectivity index is 3.63. The quantitative estimate of drug-likeness (QED) is 0.0829. The minimum atomic E-state index is -1.42. The van der Waals surface area contributed by atoms with Crippen molar-refractivity contribution in [2.75, 3.05) is 26.2 Å². The number of carboxylic acid groups (broad SMARTS) is 3. The summed E-state index contributed by atoms with van der Waals surface area (Å²) in [6, 6.07) is 0. The molecule has 0 radical (unpaired) electrons. The van der Waals surface area contributed by atoms with Crippen LogP contribution >= 0.6 is 0 Å². The van der Waals surface area contributed by atoms with Gasteiger partial charge in [0.05, 0.1) is 12.5 Å². The molecule has 0 aliphatic carbocycles. The lowest BCUT2D eigenvalue weighted by molar-refractivity contribution is -0.909. The molecule has 7 nitrogen and oxygen atoms in total. The summed E-state index contributed by atoms with van der Waals surface area (Å²) in [7, 11) is 0. The predicted molar refractivity (Wildman–Crippen MR) is 143 cm³/mol. The maximum Gasteiger partial charge on any atom is 0.359 e. The molecule has 0 heterocycles. The third kappa shape index (κ3) is 22.6. The number of unbranched alkanes of at least 4 members (excludes halogenated alkanes) is 18. The van der Waals surface area contributed by atoms with E-state index in [0.717, 1.165) is 19.3 Å². The van der Waals surface area contributed by atoms with Crippen LogP contribution in [0.25, 0.3) is 0 Å². The minimum absolute atomic E-state index is 0.226. The largest absolute Gasteiger partial charge is 0.544 e. The zero-order valence-corrected chi connectivity index (χ0v) is 22.9. The molecule has 0 amide bonds. The molecule has 0 spiro atoms. The van der Waals surface area contributed by atoms with Crippen LogP contribution in [-0.4, -0.2) is 58.8 Å². The van der Waals surface area contributed by atoms with Crippen LogP contribution in [0.5, 0.6) is 0 Å². The van der Waals surface area contributed by atoms with E-state index in [9.17, 15) is 19.5 Å². The smallest absolute Gasteiger partial charge is 0.359 e. The maximum absolute atomic E-state index is 11.2. The molecular weight excluding hydrogens is 458 g/mol. The van der Waals surface area contributed by atoms with E-state index in [1.165, 1.54) is 96.3 Å². The van der Waals surface area contributed by atoms with Gasteiger partial charge in [0.25, 0.3) is 0 Å². The van der Waals surface area contributed by atoms with E-state index in [1.807, 2.05) is 0 Å². The average molecular weight is 512 g/mol. The minimum Gasteiger partial charge on any atom is -0.544 e. The van der Waals surface area contributed by atoms with Gasteiger partial charge in [-0.25, -0.2) is 9.59 Å². The molecule has 0 rings (SSSR count). The molecule has 2 N–H and O–H groups in total. The van der Waals surface area contributed by atoms with Crippen LogP contribution in [0.4, 0.5) is 0 Å². The summed E-state index contributed by atoms with van der Waals surface area (Å²) >= 11 is 0. The number of quaternary nitrogens is 1. The molecule has 0 fully saturated rings. The lowest BCUT2D eigenvalue weighted by atomic mass is 10.0. The van der Waals surface area contributed by atoms with Gasteiger partial charge in [0, 0.05) is 0 Å². The van der Waals surface area contributed by atoms with Crippen molar-refractivity contribution >= 4 is 17.9 Å². The van der Waals surface area contributed by atoms with Gasteiger partial charge >= 0.3 is 11.9 Å². The third-order valence-electron chi connectivity index (χ3n) is 6.89. The number of hydrogen-bond donors (Lipinski definition) is 2. The van der Waals surface area contributed by atoms with Crippen molar-refractivity contribution in [2.24, 2.45) is 0 Å². The summed E-state index contributed by atoms with van der Waals surface area (Å²) in [6.45, 7) is 0.693. The van der Waals surface area contributed by atoms with Gasteiger partial charge in [-0.3, -0.25) is 0 Å². The zero-order valence-electron chi connectivity index (χ0n) is 22.9. The third-order valence-corrected chi connectivity index (χ3v) is 6.89. The highest BCUT2D eigenvalue weighted by atomic mass is 16.4. The van der Waals surface area contributed by atoms with Crippen LogP contribution in [0.3, 0.4) is 0 Å². The molecule has 0 saturated carbocycles. The first-order valence-electron chi connectivity index (χ1n) is 14.4. The highest BCUT2D eigenvalue weighted by Gasteiger charge is 2.33. The fraction of sp³-hybridized carbons (Fsp3) is 0.828. The Hall–Kier alpha value is -1.89. The number of hydrogen-bond acceptors (Lipinski definition) is 4. The number of allylic oxidation sites excluding steroid dienone is 2. The number of aliphatic carboxylic acids is 3. The lowest BCUT2D eigenvalue weighted by Gasteiger charge is -2.36. The van der Waals surface area contributed by atoms with Crippen molar-refractivity contribution < 1.29 is 34.2 Å². The van der Waals surface area contributed by atoms with E-state index in [4.69, 9.17) is 10.2 Å². The fourth-order valence-corrected chi connectivity index (χ4v) is 4.96. The van der Waals surface area contributed by atoms with Gasteiger partial charge in [-0.2, -0.15) is 0 Å². The van der Waals surface area contributed by atoms with Gasteiger partial charge in [0.15, 0.2) is 13.1 Å². The number of nitrogens with zero attached hydrogens (tertiary/aromatic N) is 1. The molecule has 0 unspecified atom stereocenters. The van der Waals surface area contributed by atoms with Crippen molar-refractivity contribution in [3.8, 4) is 0 Å². The molecule has 0 aromatic rings. The lowest BCUT2D eigenvalue weighted by Crippen LogP contribution is -2.59. The first kappa shape index (κ1) is 34.1. The van der Waals surface area contributed by atoms with E-state index >= 15 is 0 Å². The Bertz CT molecular complexity index is 564. The molecule has 0 bridgehead atoms. The molecule has 36 heavy (non-hydrogen) atoms. The van der Waals surface area contributed by atoms with Crippen molar-refractivity contribution in [2.45, 2.75) is 129 Å². The van der Waals surface area contributed by atoms with Crippen LogP contribution in [0.2, 0.25) is 0 Å². The van der Waals surface area contributed by atoms with E-state index < -0.39 is 42.0 Å². The summed E-state index contributed by atoms with van der Waals surface area (Å²) in [6.07, 6.45) is 27.9. The van der Waals surface area contributed by atoms with E-state index in [-0.39, 0.29) is 6.54 Å². The van der Waals surface area contributed by atoms with Gasteiger partial charge in [-0.15, -0.1) is 0 Å². The molecule has 0 saturated heterocycles. The zero-order chi connectivity index (χ0) is 26.9. The van der Waals surface area contributed by atoms with Gasteiger partial charge in [-0.05, 0) is 32.6 Å². The monoisotopic (exact) mass is 511 g/mol. The number of rotatable bonds is 27. The number of carbonyl (C=O) groups is 3. The highest BCUT2D eigenvalue weighted by molar-refractivity contribution is 5.72. The molecule has 0 aromatic heterocycles. The molecule has 0 aliphatic heterocycles. The fourth-order valence-electron chi connectivity index (χ4n) is 4.96. The highest BCUT2D eigenvalue weighted by Crippen LogP contribution is 2.16. The summed E-state index contributed by atoms with van der Waals surface area (Å²) < 4.78 is -0.496. The van der Waals surface area contributed by atoms with Crippen molar-refractivity contribution in [1.82, 2.24) is 0 Å². The van der Waals surface area contributed by atoms with Crippen molar-refractivity contribution in [1.29, 1.82) is 0 Å². The van der Waals surface area contributed by atoms with Crippen LogP contribution in [0.1, 0.15) is 129 Å². The second kappa shape index (κ2) is 23.5. The summed E-state index contributed by atoms with van der Waals surface area (Å²) in [4.78, 5) is 33.4. The summed E-state index contributed by atoms with van der Waals surface area (Å²) in [5.41, 5.74) is 0. The average Bonchev–Trinajstić information content (AvgIpc) is 2.78. The predicted octanol–water partition coefficient (Wildman–Crippen LogP) is 5.71. The summed E-state index contributed by atoms with van der Waals surface area (Å²) in [5, 5.41) is 29.3. The van der Waals surface area contributed by atoms with Crippen molar-refractivity contribution in [3.63, 3.8) is 0 Å². The van der Waals surface area contributed by atoms with Gasteiger partial charge in [0.1, 0.15) is 6.54 Å². The van der Waals surface area contributed by atoms with E-state index in [2.05, 4.69) is 19.1 Å². The normalized spacial score (nSPS) is 11.8. The molecule has 0 atom stereocenters. The van der Waals surface area contributed by atoms with Gasteiger partial charge in [0.2, 0.25) is 0 Å². The Morgan fingerprint density at radius 2 is 0.917 bits per heavy atom. The topological polar surface area (TPSA) is 115 Å². The molecule has 0 aliphatic rings. The van der Waals surface area contributed by atoms with E-state index in [0.29, 0.717) is 6.42 Å². The van der Waals surface area contributed by atoms with E-state index in [1.54, 1.807) is 0 Å². The Morgan fingerprint density at radius 1 is 0.583 bits per heavy atom. The van der Waals surface area contributed by atoms with Gasteiger partial charge in [-0.1, -0.05) is 108 Å². The molecule has 0 aromatic carbocycles. The SMILES string of the molecule is C/C=C/CCCCCCCCCCCCCCCCCCCC[N+](CC(=O)[O-])(CC(=O)O)CC(=O)O. The molecule has 210 valence electrons. The van der Waals surface area contributed by atoms with Crippen LogP contribution in [0.15, 0.2) is 12.2 Å². The number of carbonyl (C=O) groups excluding carboxylic acids is 1. The van der Waals surface area contributed by atoms with Crippen LogP contribution < -0.4 is 5.11 Å². The Morgan fingerprint density at radius 3 is 1.22 bits per heavy atom. The second-order valence-corrected chi connectivity index (χ2v) is 10.4. The molecular formula is C29H53NO6. The first-order valence-corrected chi connectivity index (χ1v) is 14.4. The Labute approximate surface area is 219 Å². The first-order chi connectivity index (χ1) is 17.3. The summed E-state index contributed by atoms with van der Waals surface area (Å²) in [5.74, 6) is -3.81. The standard InChI is InChI=1S/C29H53NO6/c1-2-3-4-5-6-7-8-9-10-11-12-13-14-15-16-17-18-19-20-21-22-23-30(24-27(31)32,25-28(33)34)26-29(35)36/h2-3H,4-26H2,1H3,(H2-,31,32,33,34,35,36)/b3-2+. The second-order valence-electron chi connectivity index (χ2n) is 10.4. The van der Waals surface area contributed by atoms with Crippen LogP contribution in [0, 0.1) is 0 Å². The van der Waals surface area contributed by atoms with Crippen LogP contribution in [-0.2, 0) is 14.4 Å². The van der Waals surface area contributed by atoms with Crippen molar-refractivity contribution in [3.05, 3.63) is 12.2 Å². The molecule has 7 heteroatoms. The Kier molecular flexibility index (Phi) is 22.3.